The van der Waals surface area contributed by atoms with Crippen molar-refractivity contribution in [2.24, 2.45) is 0 Å². The van der Waals surface area contributed by atoms with E-state index >= 15 is 0 Å². The second kappa shape index (κ2) is 7.25. The van der Waals surface area contributed by atoms with Crippen LogP contribution in [0, 0.1) is 0 Å². The van der Waals surface area contributed by atoms with Crippen molar-refractivity contribution in [2.45, 2.75) is 18.9 Å². The van der Waals surface area contributed by atoms with Gasteiger partial charge in [-0.2, -0.15) is 0 Å². The molecule has 1 N–H and O–H groups in total. The zero-order valence-electron chi connectivity index (χ0n) is 14.4. The predicted octanol–water partition coefficient (Wildman–Crippen LogP) is 0.979. The minimum absolute atomic E-state index is 0.147. The monoisotopic (exact) mass is 355 g/mol. The number of anilines is 1. The summed E-state index contributed by atoms with van der Waals surface area (Å²) in [6, 6.07) is 5.02. The van der Waals surface area contributed by atoms with Crippen molar-refractivity contribution in [2.75, 3.05) is 37.7 Å². The molecular formula is C18H21N5O3. The molecule has 2 aromatic rings. The first kappa shape index (κ1) is 16.7. The van der Waals surface area contributed by atoms with Crippen molar-refractivity contribution in [3.8, 4) is 0 Å². The smallest absolute Gasteiger partial charge is 0.260 e. The molecular weight excluding hydrogens is 334 g/mol. The lowest BCUT2D eigenvalue weighted by molar-refractivity contribution is -0.0248. The second-order valence-electron chi connectivity index (χ2n) is 6.50. The normalized spacial score (nSPS) is 20.4. The van der Waals surface area contributed by atoms with Crippen LogP contribution in [0.1, 0.15) is 35.0 Å². The van der Waals surface area contributed by atoms with E-state index in [0.29, 0.717) is 25.6 Å². The Morgan fingerprint density at radius 1 is 1.23 bits per heavy atom. The molecule has 0 radical (unpaired) electrons. The summed E-state index contributed by atoms with van der Waals surface area (Å²) in [5.41, 5.74) is 0.536. The Kier molecular flexibility index (Phi) is 4.66. The second-order valence-corrected chi connectivity index (χ2v) is 6.50. The lowest BCUT2D eigenvalue weighted by atomic mass is 10.1. The Balaban J connectivity index is 1.52. The summed E-state index contributed by atoms with van der Waals surface area (Å²) in [7, 11) is 0. The largest absolute Gasteiger partial charge is 0.368 e. The van der Waals surface area contributed by atoms with E-state index in [1.54, 1.807) is 23.2 Å². The minimum atomic E-state index is -0.376. The number of hydrogen-bond acceptors (Lipinski definition) is 6. The molecule has 2 aliphatic heterocycles. The number of aromatic nitrogens is 3. The standard InChI is InChI=1S/C18H21N5O3/c24-16-13(4-3-6-19-16)17(25)23-10-11-26-15(12-23)14-5-7-20-18(21-14)22-8-1-2-9-22/h3-7,15H,1-2,8-12H2,(H,19,24)/t15-/m1/s1. The van der Waals surface area contributed by atoms with Crippen LogP contribution in [0.15, 0.2) is 35.4 Å². The first-order valence-corrected chi connectivity index (χ1v) is 8.89. The van der Waals surface area contributed by atoms with Crippen LogP contribution in [-0.2, 0) is 4.74 Å². The van der Waals surface area contributed by atoms with Gasteiger partial charge >= 0.3 is 0 Å². The number of carbonyl (C=O) groups excluding carboxylic acids is 1. The Morgan fingerprint density at radius 2 is 2.08 bits per heavy atom. The summed E-state index contributed by atoms with van der Waals surface area (Å²) in [5.74, 6) is 0.431. The van der Waals surface area contributed by atoms with Gasteiger partial charge in [-0.3, -0.25) is 9.59 Å². The van der Waals surface area contributed by atoms with Crippen LogP contribution >= 0.6 is 0 Å². The fraction of sp³-hybridized carbons (Fsp3) is 0.444. The first-order chi connectivity index (χ1) is 12.7. The molecule has 0 aromatic carbocycles. The number of nitrogens with zero attached hydrogens (tertiary/aromatic N) is 4. The van der Waals surface area contributed by atoms with Gasteiger partial charge in [0.2, 0.25) is 5.95 Å². The molecule has 2 saturated heterocycles. The Morgan fingerprint density at radius 3 is 2.88 bits per heavy atom. The van der Waals surface area contributed by atoms with Crippen molar-refractivity contribution >= 4 is 11.9 Å². The summed E-state index contributed by atoms with van der Waals surface area (Å²) in [4.78, 5) is 39.9. The average molecular weight is 355 g/mol. The maximum Gasteiger partial charge on any atom is 0.260 e. The third-order valence-electron chi connectivity index (χ3n) is 4.79. The third-order valence-corrected chi connectivity index (χ3v) is 4.79. The molecule has 0 spiro atoms. The maximum absolute atomic E-state index is 12.7. The van der Waals surface area contributed by atoms with E-state index in [1.807, 2.05) is 6.07 Å². The van der Waals surface area contributed by atoms with Crippen molar-refractivity contribution in [3.05, 3.63) is 52.2 Å². The van der Waals surface area contributed by atoms with Crippen LogP contribution in [0.5, 0.6) is 0 Å². The molecule has 0 aliphatic carbocycles. The summed E-state index contributed by atoms with van der Waals surface area (Å²) in [6.45, 7) is 3.16. The number of ether oxygens (including phenoxy) is 1. The molecule has 0 saturated carbocycles. The van der Waals surface area contributed by atoms with Gasteiger partial charge < -0.3 is 19.5 Å². The molecule has 0 bridgehead atoms. The first-order valence-electron chi connectivity index (χ1n) is 8.89. The topological polar surface area (TPSA) is 91.4 Å². The van der Waals surface area contributed by atoms with Gasteiger partial charge in [0.1, 0.15) is 11.7 Å². The number of nitrogens with one attached hydrogen (secondary N) is 1. The van der Waals surface area contributed by atoms with E-state index in [-0.39, 0.29) is 23.1 Å². The van der Waals surface area contributed by atoms with Crippen LogP contribution in [-0.4, -0.2) is 58.5 Å². The fourth-order valence-electron chi connectivity index (χ4n) is 3.38. The van der Waals surface area contributed by atoms with Gasteiger partial charge in [0.25, 0.3) is 11.5 Å². The maximum atomic E-state index is 12.7. The molecule has 2 aromatic heterocycles. The molecule has 8 heteroatoms. The highest BCUT2D eigenvalue weighted by Gasteiger charge is 2.28. The van der Waals surface area contributed by atoms with Crippen molar-refractivity contribution in [1.29, 1.82) is 0 Å². The number of aromatic amines is 1. The van der Waals surface area contributed by atoms with E-state index in [2.05, 4.69) is 19.9 Å². The lowest BCUT2D eigenvalue weighted by Crippen LogP contribution is -2.44. The molecule has 2 fully saturated rings. The summed E-state index contributed by atoms with van der Waals surface area (Å²) >= 11 is 0. The molecule has 2 aliphatic rings. The SMILES string of the molecule is O=C(c1ccc[nH]c1=O)N1CCO[C@@H](c2ccnc(N3CCCC3)n2)C1. The number of pyridine rings is 1. The van der Waals surface area contributed by atoms with Gasteiger partial charge in [-0.05, 0) is 31.0 Å². The van der Waals surface area contributed by atoms with Crippen molar-refractivity contribution in [1.82, 2.24) is 19.9 Å². The van der Waals surface area contributed by atoms with Crippen LogP contribution < -0.4 is 10.5 Å². The van der Waals surface area contributed by atoms with E-state index < -0.39 is 0 Å². The number of rotatable bonds is 3. The van der Waals surface area contributed by atoms with Gasteiger partial charge in [-0.15, -0.1) is 0 Å². The van der Waals surface area contributed by atoms with Gasteiger partial charge in [0, 0.05) is 32.0 Å². The fourth-order valence-corrected chi connectivity index (χ4v) is 3.38. The minimum Gasteiger partial charge on any atom is -0.368 e. The van der Waals surface area contributed by atoms with Gasteiger partial charge in [0.15, 0.2) is 0 Å². The van der Waals surface area contributed by atoms with Crippen LogP contribution in [0.25, 0.3) is 0 Å². The number of amides is 1. The molecule has 1 atom stereocenters. The van der Waals surface area contributed by atoms with Crippen LogP contribution in [0.2, 0.25) is 0 Å². The molecule has 1 amide bonds. The Labute approximate surface area is 150 Å². The zero-order chi connectivity index (χ0) is 17.9. The number of hydrogen-bond donors (Lipinski definition) is 1. The third kappa shape index (κ3) is 3.32. The van der Waals surface area contributed by atoms with Crippen molar-refractivity contribution < 1.29 is 9.53 Å². The van der Waals surface area contributed by atoms with Crippen molar-refractivity contribution in [3.63, 3.8) is 0 Å². The zero-order valence-corrected chi connectivity index (χ0v) is 14.4. The highest BCUT2D eigenvalue weighted by atomic mass is 16.5. The predicted molar refractivity (Wildman–Crippen MR) is 95.1 cm³/mol. The lowest BCUT2D eigenvalue weighted by Gasteiger charge is -2.32. The van der Waals surface area contributed by atoms with Gasteiger partial charge in [-0.1, -0.05) is 0 Å². The summed E-state index contributed by atoms with van der Waals surface area (Å²) < 4.78 is 5.84. The molecule has 8 nitrogen and oxygen atoms in total. The van der Waals surface area contributed by atoms with E-state index in [0.717, 1.165) is 31.6 Å². The number of morpholine rings is 1. The molecule has 4 heterocycles. The van der Waals surface area contributed by atoms with Gasteiger partial charge in [0.05, 0.1) is 18.8 Å². The number of carbonyl (C=O) groups is 1. The molecule has 4 rings (SSSR count). The molecule has 26 heavy (non-hydrogen) atoms. The van der Waals surface area contributed by atoms with E-state index in [1.165, 1.54) is 6.20 Å². The van der Waals surface area contributed by atoms with Crippen LogP contribution in [0.4, 0.5) is 5.95 Å². The quantitative estimate of drug-likeness (QED) is 0.882. The van der Waals surface area contributed by atoms with Gasteiger partial charge in [-0.25, -0.2) is 9.97 Å². The Bertz CT molecular complexity index is 846. The Hall–Kier alpha value is -2.74. The van der Waals surface area contributed by atoms with Crippen LogP contribution in [0.3, 0.4) is 0 Å². The number of H-pyrrole nitrogens is 1. The summed E-state index contributed by atoms with van der Waals surface area (Å²) in [6.07, 6.45) is 5.24. The van der Waals surface area contributed by atoms with E-state index in [4.69, 9.17) is 4.74 Å². The summed E-state index contributed by atoms with van der Waals surface area (Å²) in [5, 5.41) is 0. The highest BCUT2D eigenvalue weighted by Crippen LogP contribution is 2.23. The van der Waals surface area contributed by atoms with E-state index in [9.17, 15) is 9.59 Å². The molecule has 0 unspecified atom stereocenters. The highest BCUT2D eigenvalue weighted by molar-refractivity contribution is 5.93. The molecule has 136 valence electrons. The average Bonchev–Trinajstić information content (AvgIpc) is 3.23.